The van der Waals surface area contributed by atoms with Crippen molar-refractivity contribution in [3.63, 3.8) is 0 Å². The first-order valence-electron chi connectivity index (χ1n) is 8.07. The Hall–Kier alpha value is -1.51. The van der Waals surface area contributed by atoms with Crippen LogP contribution in [0.5, 0.6) is 0 Å². The van der Waals surface area contributed by atoms with E-state index >= 15 is 0 Å². The first-order valence-corrected chi connectivity index (χ1v) is 8.07. The molecular weight excluding hydrogens is 260 g/mol. The Labute approximate surface area is 128 Å². The topological polar surface area (TPSA) is 32.3 Å². The molecule has 0 unspecified atom stereocenters. The van der Waals surface area contributed by atoms with Gasteiger partial charge in [-0.2, -0.15) is 0 Å². The summed E-state index contributed by atoms with van der Waals surface area (Å²) in [6, 6.07) is 8.27. The summed E-state index contributed by atoms with van der Waals surface area (Å²) in [6.07, 6.45) is 5.93. The molecule has 1 aliphatic carbocycles. The molecule has 0 radical (unpaired) electrons. The second-order valence-corrected chi connectivity index (χ2v) is 6.67. The van der Waals surface area contributed by atoms with Crippen molar-refractivity contribution >= 4 is 11.6 Å². The van der Waals surface area contributed by atoms with E-state index in [1.54, 1.807) is 19.0 Å². The molecule has 2 rings (SSSR count). The second kappa shape index (κ2) is 7.48. The van der Waals surface area contributed by atoms with E-state index in [1.165, 1.54) is 25.7 Å². The number of hydrogen-bond donors (Lipinski definition) is 1. The van der Waals surface area contributed by atoms with E-state index in [2.05, 4.69) is 24.4 Å². The molecule has 21 heavy (non-hydrogen) atoms. The molecule has 116 valence electrons. The Morgan fingerprint density at radius 2 is 1.76 bits per heavy atom. The lowest BCUT2D eigenvalue weighted by molar-refractivity contribution is -0.127. The molecule has 0 aromatic heterocycles. The van der Waals surface area contributed by atoms with Crippen LogP contribution in [-0.4, -0.2) is 31.4 Å². The Kier molecular flexibility index (Phi) is 5.66. The van der Waals surface area contributed by atoms with E-state index in [4.69, 9.17) is 0 Å². The Morgan fingerprint density at radius 1 is 1.14 bits per heavy atom. The number of likely N-dealkylation sites (N-methyl/N-ethyl adjacent to an activating group) is 1. The number of carbonyl (C=O) groups excluding carboxylic acids is 1. The van der Waals surface area contributed by atoms with Crippen LogP contribution in [0.3, 0.4) is 0 Å². The van der Waals surface area contributed by atoms with E-state index in [-0.39, 0.29) is 5.91 Å². The second-order valence-electron chi connectivity index (χ2n) is 6.67. The number of carbonyl (C=O) groups is 1. The summed E-state index contributed by atoms with van der Waals surface area (Å²) < 4.78 is 0. The van der Waals surface area contributed by atoms with Crippen molar-refractivity contribution in [2.75, 3.05) is 26.0 Å². The number of amides is 1. The fraction of sp³-hybridized carbons (Fsp3) is 0.611. The molecule has 0 aliphatic heterocycles. The van der Waals surface area contributed by atoms with Crippen LogP contribution in [0.2, 0.25) is 0 Å². The Bertz CT molecular complexity index is 445. The van der Waals surface area contributed by atoms with Crippen LogP contribution in [-0.2, 0) is 11.2 Å². The highest BCUT2D eigenvalue weighted by atomic mass is 16.2. The minimum atomic E-state index is 0.145. The molecule has 1 saturated carbocycles. The zero-order chi connectivity index (χ0) is 15.2. The van der Waals surface area contributed by atoms with E-state index in [0.29, 0.717) is 6.42 Å². The van der Waals surface area contributed by atoms with Crippen molar-refractivity contribution in [3.8, 4) is 0 Å². The van der Waals surface area contributed by atoms with Gasteiger partial charge in [-0.05, 0) is 42.4 Å². The van der Waals surface area contributed by atoms with Gasteiger partial charge < -0.3 is 10.2 Å². The minimum absolute atomic E-state index is 0.145. The van der Waals surface area contributed by atoms with Gasteiger partial charge in [0.2, 0.25) is 5.91 Å². The van der Waals surface area contributed by atoms with Crippen molar-refractivity contribution in [1.29, 1.82) is 0 Å². The average molecular weight is 288 g/mol. The molecule has 1 aliphatic rings. The minimum Gasteiger partial charge on any atom is -0.385 e. The molecule has 0 atom stereocenters. The lowest BCUT2D eigenvalue weighted by atomic mass is 9.83. The zero-order valence-corrected chi connectivity index (χ0v) is 13.6. The third-order valence-corrected chi connectivity index (χ3v) is 4.54. The molecule has 1 aromatic carbocycles. The summed E-state index contributed by atoms with van der Waals surface area (Å²) in [5.41, 5.74) is 2.24. The standard InChI is InChI=1S/C18H28N2O/c1-14-4-6-16(7-5-14)13-19-17-10-8-15(9-11-17)12-18(21)20(2)3/h8-11,14,16,19H,4-7,12-13H2,1-3H3. The summed E-state index contributed by atoms with van der Waals surface area (Å²) in [6.45, 7) is 3.43. The number of nitrogens with one attached hydrogen (secondary N) is 1. The number of benzene rings is 1. The van der Waals surface area contributed by atoms with Crippen molar-refractivity contribution in [2.45, 2.75) is 39.0 Å². The summed E-state index contributed by atoms with van der Waals surface area (Å²) >= 11 is 0. The van der Waals surface area contributed by atoms with Crippen LogP contribution in [0, 0.1) is 11.8 Å². The van der Waals surface area contributed by atoms with Crippen molar-refractivity contribution < 1.29 is 4.79 Å². The van der Waals surface area contributed by atoms with E-state index < -0.39 is 0 Å². The quantitative estimate of drug-likeness (QED) is 0.898. The highest BCUT2D eigenvalue weighted by Crippen LogP contribution is 2.28. The van der Waals surface area contributed by atoms with Crippen LogP contribution in [0.1, 0.15) is 38.2 Å². The average Bonchev–Trinajstić information content (AvgIpc) is 2.48. The molecule has 1 aromatic rings. The van der Waals surface area contributed by atoms with Crippen LogP contribution >= 0.6 is 0 Å². The zero-order valence-electron chi connectivity index (χ0n) is 13.6. The molecule has 0 bridgehead atoms. The van der Waals surface area contributed by atoms with Crippen LogP contribution in [0.25, 0.3) is 0 Å². The van der Waals surface area contributed by atoms with Gasteiger partial charge >= 0.3 is 0 Å². The third-order valence-electron chi connectivity index (χ3n) is 4.54. The van der Waals surface area contributed by atoms with Crippen molar-refractivity contribution in [2.24, 2.45) is 11.8 Å². The molecule has 1 N–H and O–H groups in total. The van der Waals surface area contributed by atoms with Crippen LogP contribution in [0.4, 0.5) is 5.69 Å². The summed E-state index contributed by atoms with van der Waals surface area (Å²) in [7, 11) is 3.59. The van der Waals surface area contributed by atoms with Crippen LogP contribution < -0.4 is 5.32 Å². The van der Waals surface area contributed by atoms with Crippen molar-refractivity contribution in [3.05, 3.63) is 29.8 Å². The number of nitrogens with zero attached hydrogens (tertiary/aromatic N) is 1. The predicted octanol–water partition coefficient (Wildman–Crippen LogP) is 3.56. The summed E-state index contributed by atoms with van der Waals surface area (Å²) in [4.78, 5) is 13.3. The van der Waals surface area contributed by atoms with Gasteiger partial charge in [-0.15, -0.1) is 0 Å². The number of rotatable bonds is 5. The maximum Gasteiger partial charge on any atom is 0.226 e. The third kappa shape index (κ3) is 5.07. The smallest absolute Gasteiger partial charge is 0.226 e. The normalized spacial score (nSPS) is 21.9. The van der Waals surface area contributed by atoms with Gasteiger partial charge in [0.1, 0.15) is 0 Å². The van der Waals surface area contributed by atoms with E-state index in [9.17, 15) is 4.79 Å². The monoisotopic (exact) mass is 288 g/mol. The Balaban J connectivity index is 1.78. The predicted molar refractivity (Wildman–Crippen MR) is 88.5 cm³/mol. The van der Waals surface area contributed by atoms with Gasteiger partial charge in [-0.3, -0.25) is 4.79 Å². The summed E-state index contributed by atoms with van der Waals surface area (Å²) in [5.74, 6) is 1.87. The molecule has 1 amide bonds. The largest absolute Gasteiger partial charge is 0.385 e. The maximum atomic E-state index is 11.7. The highest BCUT2D eigenvalue weighted by molar-refractivity contribution is 5.78. The lowest BCUT2D eigenvalue weighted by Crippen LogP contribution is -2.23. The van der Waals surface area contributed by atoms with Gasteiger partial charge in [0, 0.05) is 26.3 Å². The first-order chi connectivity index (χ1) is 10.0. The lowest BCUT2D eigenvalue weighted by Gasteiger charge is -2.26. The first kappa shape index (κ1) is 15.9. The van der Waals surface area contributed by atoms with Gasteiger partial charge in [0.25, 0.3) is 0 Å². The van der Waals surface area contributed by atoms with E-state index in [1.807, 2.05) is 12.1 Å². The molecule has 1 fully saturated rings. The molecule has 3 nitrogen and oxygen atoms in total. The fourth-order valence-corrected chi connectivity index (χ4v) is 2.87. The number of anilines is 1. The van der Waals surface area contributed by atoms with Gasteiger partial charge in [-0.25, -0.2) is 0 Å². The SMILES string of the molecule is CC1CCC(CNc2ccc(CC(=O)N(C)C)cc2)CC1. The fourth-order valence-electron chi connectivity index (χ4n) is 2.87. The maximum absolute atomic E-state index is 11.7. The van der Waals surface area contributed by atoms with Crippen molar-refractivity contribution in [1.82, 2.24) is 4.90 Å². The Morgan fingerprint density at radius 3 is 2.33 bits per heavy atom. The number of hydrogen-bond acceptors (Lipinski definition) is 2. The van der Waals surface area contributed by atoms with Gasteiger partial charge in [0.05, 0.1) is 6.42 Å². The summed E-state index contributed by atoms with van der Waals surface area (Å²) in [5, 5.41) is 3.54. The molecular formula is C18H28N2O. The van der Waals surface area contributed by atoms with Gasteiger partial charge in [0.15, 0.2) is 0 Å². The van der Waals surface area contributed by atoms with Gasteiger partial charge in [-0.1, -0.05) is 31.9 Å². The molecule has 3 heteroatoms. The molecule has 0 heterocycles. The highest BCUT2D eigenvalue weighted by Gasteiger charge is 2.17. The molecule has 0 spiro atoms. The van der Waals surface area contributed by atoms with E-state index in [0.717, 1.165) is 29.6 Å². The molecule has 0 saturated heterocycles. The van der Waals surface area contributed by atoms with Crippen LogP contribution in [0.15, 0.2) is 24.3 Å².